The zero-order valence-corrected chi connectivity index (χ0v) is 27.8. The predicted molar refractivity (Wildman–Crippen MR) is 153 cm³/mol. The molecule has 0 aliphatic carbocycles. The van der Waals surface area contributed by atoms with Gasteiger partial charge in [-0.15, -0.1) is 0 Å². The van der Waals surface area contributed by atoms with E-state index in [1.165, 1.54) is 24.3 Å². The Morgan fingerprint density at radius 3 is 1.88 bits per heavy atom. The Hall–Kier alpha value is -2.35. The van der Waals surface area contributed by atoms with Crippen LogP contribution in [0.25, 0.3) is 0 Å². The summed E-state index contributed by atoms with van der Waals surface area (Å²) < 4.78 is 71.0. The largest absolute Gasteiger partial charge is 1.00 e. The van der Waals surface area contributed by atoms with Crippen LogP contribution < -0.4 is 34.5 Å². The second kappa shape index (κ2) is 12.1. The Balaban J connectivity index is 0.00000294. The van der Waals surface area contributed by atoms with Gasteiger partial charge in [-0.05, 0) is 55.8 Å². The number of fused-ring (bicyclic) bond motifs is 2. The first-order valence-corrected chi connectivity index (χ1v) is 15.1. The number of likely N-dealkylation sites (N-methyl/N-ethyl adjacent to an activating group) is 1. The van der Waals surface area contributed by atoms with E-state index in [2.05, 4.69) is 0 Å². The molecule has 0 spiro atoms. The van der Waals surface area contributed by atoms with Crippen molar-refractivity contribution in [1.29, 1.82) is 0 Å². The van der Waals surface area contributed by atoms with Gasteiger partial charge in [0.2, 0.25) is 5.69 Å². The minimum absolute atomic E-state index is 0. The molecule has 0 bridgehead atoms. The number of rotatable bonds is 6. The average molecular weight is 609 g/mol. The fourth-order valence-corrected chi connectivity index (χ4v) is 6.42. The number of allylic oxidation sites excluding steroid dienone is 8. The topological polar surface area (TPSA) is 152 Å². The van der Waals surface area contributed by atoms with Crippen LogP contribution in [0.4, 0.5) is 11.4 Å². The molecule has 9 nitrogen and oxygen atoms in total. The Kier molecular flexibility index (Phi) is 10.3. The molecule has 0 fully saturated rings. The number of hydrogen-bond acceptors (Lipinski definition) is 7. The number of hydrogen-bond donors (Lipinski definition) is 0. The summed E-state index contributed by atoms with van der Waals surface area (Å²) in [6.07, 6.45) is 13.4. The fraction of sp³-hybridized carbons (Fsp3) is 0.276. The Morgan fingerprint density at radius 2 is 1.29 bits per heavy atom. The van der Waals surface area contributed by atoms with Crippen molar-refractivity contribution in [2.45, 2.75) is 48.3 Å². The molecule has 0 saturated heterocycles. The standard InChI is InChI=1S/C29H32N2O6S2.Na.H2O/c1-28(2)22-18-20(38(32,33)34)14-16-24(22)30(5)26(28)12-10-8-7-9-11-13-27-29(3,4)23-19-21(39(35,36)37)15-17-25(23)31(27)6;;/h7-19H,1-6H3,(H-,32,33,34,35,36,37);;1H2/q;+1;/p-1. The monoisotopic (exact) mass is 608 g/mol. The fourth-order valence-electron chi connectivity index (χ4n) is 5.43. The minimum Gasteiger partial charge on any atom is -0.744 e. The van der Waals surface area contributed by atoms with E-state index in [0.29, 0.717) is 0 Å². The van der Waals surface area contributed by atoms with Crippen LogP contribution in [0, 0.1) is 0 Å². The molecule has 0 saturated carbocycles. The molecule has 0 aromatic heterocycles. The Bertz CT molecular complexity index is 1730. The van der Waals surface area contributed by atoms with Gasteiger partial charge < -0.3 is 19.5 Å². The average Bonchev–Trinajstić information content (AvgIpc) is 3.15. The molecular weight excluding hydrogens is 575 g/mol. The van der Waals surface area contributed by atoms with E-state index in [9.17, 15) is 25.9 Å². The smallest absolute Gasteiger partial charge is 0.744 e. The van der Waals surface area contributed by atoms with E-state index < -0.39 is 31.1 Å². The van der Waals surface area contributed by atoms with Gasteiger partial charge in [0.15, 0.2) is 5.71 Å². The predicted octanol–water partition coefficient (Wildman–Crippen LogP) is 0.660. The third-order valence-electron chi connectivity index (χ3n) is 7.54. The van der Waals surface area contributed by atoms with Gasteiger partial charge in [0, 0.05) is 41.6 Å². The Labute approximate surface area is 264 Å². The molecule has 2 aliphatic rings. The SMILES string of the molecule is CN1/C(=C/C=C/C=C/C=C/C2=[N+](C)c3ccc(S(=O)(=O)[O-])cc3C2(C)C)C(C)(C)c2cc(S(=O)(=O)[O-])ccc21.O.[Na+]. The summed E-state index contributed by atoms with van der Waals surface area (Å²) in [5.41, 5.74) is 4.20. The minimum atomic E-state index is -4.54. The van der Waals surface area contributed by atoms with E-state index >= 15 is 0 Å². The molecular formula is C29H33N2NaO7S2. The number of anilines is 1. The van der Waals surface area contributed by atoms with Crippen molar-refractivity contribution in [3.05, 3.63) is 95.8 Å². The molecule has 41 heavy (non-hydrogen) atoms. The van der Waals surface area contributed by atoms with Gasteiger partial charge in [0.05, 0.1) is 15.2 Å². The van der Waals surface area contributed by atoms with Crippen molar-refractivity contribution < 1.29 is 65.6 Å². The van der Waals surface area contributed by atoms with Crippen molar-refractivity contribution in [3.63, 3.8) is 0 Å². The van der Waals surface area contributed by atoms with Crippen LogP contribution >= 0.6 is 0 Å². The second-order valence-corrected chi connectivity index (χ2v) is 13.5. The third-order valence-corrected chi connectivity index (χ3v) is 9.20. The summed E-state index contributed by atoms with van der Waals surface area (Å²) >= 11 is 0. The van der Waals surface area contributed by atoms with Crippen molar-refractivity contribution in [1.82, 2.24) is 0 Å². The molecule has 0 unspecified atom stereocenters. The molecule has 0 radical (unpaired) electrons. The van der Waals surface area contributed by atoms with Crippen LogP contribution in [0.15, 0.2) is 94.4 Å². The van der Waals surface area contributed by atoms with Crippen LogP contribution in [0.1, 0.15) is 38.8 Å². The van der Waals surface area contributed by atoms with E-state index in [1.807, 2.05) is 93.8 Å². The molecule has 2 aliphatic heterocycles. The van der Waals surface area contributed by atoms with Crippen LogP contribution in [-0.4, -0.2) is 55.8 Å². The molecule has 0 amide bonds. The first kappa shape index (κ1) is 34.8. The van der Waals surface area contributed by atoms with E-state index in [-0.39, 0.29) is 44.8 Å². The van der Waals surface area contributed by atoms with Gasteiger partial charge in [-0.1, -0.05) is 44.2 Å². The van der Waals surface area contributed by atoms with Crippen molar-refractivity contribution in [2.75, 3.05) is 19.0 Å². The quantitative estimate of drug-likeness (QED) is 0.202. The first-order chi connectivity index (χ1) is 18.0. The maximum Gasteiger partial charge on any atom is 1.00 e. The maximum absolute atomic E-state index is 11.5. The molecule has 0 atom stereocenters. The first-order valence-electron chi connectivity index (χ1n) is 12.3. The Morgan fingerprint density at radius 1 is 0.780 bits per heavy atom. The van der Waals surface area contributed by atoms with Gasteiger partial charge in [-0.25, -0.2) is 16.8 Å². The zero-order chi connectivity index (χ0) is 29.0. The van der Waals surface area contributed by atoms with Gasteiger partial charge in [-0.2, -0.15) is 4.58 Å². The van der Waals surface area contributed by atoms with Crippen LogP contribution in [0.5, 0.6) is 0 Å². The van der Waals surface area contributed by atoms with E-state index in [4.69, 9.17) is 0 Å². The van der Waals surface area contributed by atoms with Gasteiger partial charge in [0.1, 0.15) is 27.3 Å². The zero-order valence-electron chi connectivity index (χ0n) is 24.2. The third kappa shape index (κ3) is 6.52. The normalized spacial score (nSPS) is 18.7. The van der Waals surface area contributed by atoms with Crippen LogP contribution in [0.3, 0.4) is 0 Å². The van der Waals surface area contributed by atoms with Crippen molar-refractivity contribution in [3.8, 4) is 0 Å². The van der Waals surface area contributed by atoms with E-state index in [1.54, 1.807) is 12.1 Å². The molecule has 12 heteroatoms. The van der Waals surface area contributed by atoms with Gasteiger partial charge in [0.25, 0.3) is 0 Å². The summed E-state index contributed by atoms with van der Waals surface area (Å²) in [5.74, 6) is 0. The van der Waals surface area contributed by atoms with Crippen LogP contribution in [-0.2, 0) is 31.1 Å². The molecule has 2 aromatic carbocycles. The summed E-state index contributed by atoms with van der Waals surface area (Å²) in [7, 11) is -5.27. The van der Waals surface area contributed by atoms with Gasteiger partial charge >= 0.3 is 29.6 Å². The summed E-state index contributed by atoms with van der Waals surface area (Å²) in [6.45, 7) is 7.94. The van der Waals surface area contributed by atoms with Crippen molar-refractivity contribution >= 4 is 37.3 Å². The molecule has 214 valence electrons. The molecule has 4 rings (SSSR count). The molecule has 2 N–H and O–H groups in total. The van der Waals surface area contributed by atoms with E-state index in [0.717, 1.165) is 33.9 Å². The number of benzene rings is 2. The summed E-state index contributed by atoms with van der Waals surface area (Å²) in [4.78, 5) is 1.52. The van der Waals surface area contributed by atoms with Crippen molar-refractivity contribution in [2.24, 2.45) is 0 Å². The number of nitrogens with zero attached hydrogens (tertiary/aromatic N) is 2. The maximum atomic E-state index is 11.5. The molecule has 2 aromatic rings. The second-order valence-electron chi connectivity index (χ2n) is 10.7. The summed E-state index contributed by atoms with van der Waals surface area (Å²) in [6, 6.07) is 8.92. The molecule has 2 heterocycles. The van der Waals surface area contributed by atoms with Crippen LogP contribution in [0.2, 0.25) is 0 Å². The van der Waals surface area contributed by atoms with Gasteiger partial charge in [-0.3, -0.25) is 0 Å². The summed E-state index contributed by atoms with van der Waals surface area (Å²) in [5, 5.41) is 0.